The molecule has 0 spiro atoms. The van der Waals surface area contributed by atoms with Crippen molar-refractivity contribution in [1.29, 1.82) is 0 Å². The summed E-state index contributed by atoms with van der Waals surface area (Å²) in [4.78, 5) is 0. The first-order chi connectivity index (χ1) is 9.53. The molecule has 1 aromatic carbocycles. The van der Waals surface area contributed by atoms with Crippen LogP contribution in [0.25, 0.3) is 0 Å². The van der Waals surface area contributed by atoms with Crippen LogP contribution >= 0.6 is 0 Å². The van der Waals surface area contributed by atoms with Crippen molar-refractivity contribution >= 4 is 13.3 Å². The monoisotopic (exact) mass is 436 g/mol. The first kappa shape index (κ1) is 26.7. The average molecular weight is 438 g/mol. The minimum absolute atomic E-state index is 0. The Balaban J connectivity index is 0. The predicted octanol–water partition coefficient (Wildman–Crippen LogP) is -3.84. The summed E-state index contributed by atoms with van der Waals surface area (Å²) in [5, 5.41) is 1.59. The quantitative estimate of drug-likeness (QED) is 0.416. The van der Waals surface area contributed by atoms with Crippen molar-refractivity contribution in [3.8, 4) is 0 Å². The van der Waals surface area contributed by atoms with E-state index in [1.807, 2.05) is 0 Å². The number of hydrogen-bond acceptors (Lipinski definition) is 0. The molecular formula is C19H27Cl3SiTi. The van der Waals surface area contributed by atoms with Crippen LogP contribution in [0, 0.1) is 13.8 Å². The van der Waals surface area contributed by atoms with E-state index in [2.05, 4.69) is 93.3 Å². The maximum atomic E-state index is 2.54. The van der Waals surface area contributed by atoms with E-state index in [0.29, 0.717) is 0 Å². The summed E-state index contributed by atoms with van der Waals surface area (Å²) in [6.07, 6.45) is 0. The molecule has 0 atom stereocenters. The van der Waals surface area contributed by atoms with Gasteiger partial charge in [0.2, 0.25) is 0 Å². The minimum atomic E-state index is -1.66. The van der Waals surface area contributed by atoms with E-state index in [1.54, 1.807) is 16.3 Å². The molecule has 0 amide bonds. The molecular weight excluding hydrogens is 411 g/mol. The summed E-state index contributed by atoms with van der Waals surface area (Å²) >= 11 is 2.49. The Bertz CT molecular complexity index is 631. The third-order valence-corrected chi connectivity index (χ3v) is 14.1. The molecule has 0 fully saturated rings. The van der Waals surface area contributed by atoms with Gasteiger partial charge in [-0.3, -0.25) is 0 Å². The molecule has 132 valence electrons. The maximum Gasteiger partial charge on any atom is -1.00 e. The van der Waals surface area contributed by atoms with Crippen molar-refractivity contribution in [2.75, 3.05) is 0 Å². The van der Waals surface area contributed by atoms with Gasteiger partial charge in [-0.15, -0.1) is 0 Å². The molecule has 24 heavy (non-hydrogen) atoms. The van der Waals surface area contributed by atoms with Gasteiger partial charge in [0.25, 0.3) is 0 Å². The van der Waals surface area contributed by atoms with Gasteiger partial charge >= 0.3 is 143 Å². The summed E-state index contributed by atoms with van der Waals surface area (Å²) in [6.45, 7) is 18.8. The van der Waals surface area contributed by atoms with Crippen LogP contribution in [0.2, 0.25) is 16.4 Å². The molecule has 0 N–H and O–H groups in total. The van der Waals surface area contributed by atoms with Crippen molar-refractivity contribution in [1.82, 2.24) is 0 Å². The Morgan fingerprint density at radius 1 is 0.708 bits per heavy atom. The Hall–Kier alpha value is 0.501. The second-order valence-corrected chi connectivity index (χ2v) is 13.8. The summed E-state index contributed by atoms with van der Waals surface area (Å²) < 4.78 is 0.237. The molecule has 2 rings (SSSR count). The molecule has 1 aliphatic carbocycles. The van der Waals surface area contributed by atoms with E-state index < -0.39 is 8.07 Å². The van der Waals surface area contributed by atoms with Gasteiger partial charge in [0.05, 0.1) is 0 Å². The zero-order chi connectivity index (χ0) is 16.2. The van der Waals surface area contributed by atoms with Gasteiger partial charge in [-0.2, -0.15) is 0 Å². The van der Waals surface area contributed by atoms with Gasteiger partial charge < -0.3 is 37.2 Å². The molecule has 0 aliphatic heterocycles. The Kier molecular flexibility index (Phi) is 9.95. The zero-order valence-corrected chi connectivity index (χ0v) is 20.7. The van der Waals surface area contributed by atoms with Gasteiger partial charge in [0, 0.05) is 0 Å². The summed E-state index contributed by atoms with van der Waals surface area (Å²) in [7, 11) is -1.66. The molecule has 0 saturated heterocycles. The number of hydrogen-bond donors (Lipinski definition) is 0. The van der Waals surface area contributed by atoms with Crippen LogP contribution in [0.15, 0.2) is 40.5 Å². The first-order valence-electron chi connectivity index (χ1n) is 7.73. The smallest absolute Gasteiger partial charge is 1.00 e. The minimum Gasteiger partial charge on any atom is -1.00 e. The third kappa shape index (κ3) is 3.92. The Labute approximate surface area is 179 Å². The standard InChI is InChI=1S/C19H27Si.3ClH.Ti/c1-12-9-13(2)11-18(10-12)20(7,8)19-16(5)14(3)15(4)17(19)6;;;;/h9-11H,1-8H3;3*1H;/q;;;;+3/p-3. The van der Waals surface area contributed by atoms with Gasteiger partial charge in [-0.25, -0.2) is 0 Å². The van der Waals surface area contributed by atoms with E-state index in [0.717, 1.165) is 0 Å². The van der Waals surface area contributed by atoms with Crippen molar-refractivity contribution in [3.63, 3.8) is 0 Å². The van der Waals surface area contributed by atoms with Gasteiger partial charge in [0.1, 0.15) is 0 Å². The summed E-state index contributed by atoms with van der Waals surface area (Å²) in [5.74, 6) is 0. The Morgan fingerprint density at radius 3 is 1.38 bits per heavy atom. The second-order valence-electron chi connectivity index (χ2n) is 7.25. The largest absolute Gasteiger partial charge is 1.00 e. The van der Waals surface area contributed by atoms with Crippen LogP contribution in [0.1, 0.15) is 38.8 Å². The second kappa shape index (κ2) is 8.93. The fourth-order valence-electron chi connectivity index (χ4n) is 3.90. The molecule has 0 aromatic heterocycles. The molecule has 1 aliphatic rings. The maximum absolute atomic E-state index is 2.54. The van der Waals surface area contributed by atoms with Crippen molar-refractivity contribution < 1.29 is 57.7 Å². The van der Waals surface area contributed by atoms with E-state index in [1.165, 1.54) is 22.3 Å². The van der Waals surface area contributed by atoms with Gasteiger partial charge in [-0.05, 0) is 0 Å². The van der Waals surface area contributed by atoms with Crippen LogP contribution in [0.5, 0.6) is 0 Å². The SMILES string of the molecule is CC1=C(C)[C]([Ti+3])([Si](C)(C)c2cc(C)cc(C)c2)C(C)=C1C.[Cl-].[Cl-].[Cl-]. The molecule has 0 saturated carbocycles. The number of allylic oxidation sites excluding steroid dienone is 4. The van der Waals surface area contributed by atoms with Crippen molar-refractivity contribution in [2.24, 2.45) is 0 Å². The normalized spacial score (nSPS) is 16.4. The molecule has 1 aromatic rings. The topological polar surface area (TPSA) is 0 Å². The van der Waals surface area contributed by atoms with Gasteiger partial charge in [0.15, 0.2) is 0 Å². The predicted molar refractivity (Wildman–Crippen MR) is 92.5 cm³/mol. The van der Waals surface area contributed by atoms with E-state index in [-0.39, 0.29) is 40.6 Å². The number of rotatable bonds is 2. The zero-order valence-electron chi connectivity index (χ0n) is 15.9. The van der Waals surface area contributed by atoms with Crippen LogP contribution in [-0.4, -0.2) is 8.07 Å². The van der Waals surface area contributed by atoms with E-state index >= 15 is 0 Å². The van der Waals surface area contributed by atoms with Crippen LogP contribution < -0.4 is 42.4 Å². The fourth-order valence-corrected chi connectivity index (χ4v) is 9.02. The van der Waals surface area contributed by atoms with Crippen molar-refractivity contribution in [3.05, 3.63) is 51.6 Å². The van der Waals surface area contributed by atoms with E-state index in [4.69, 9.17) is 0 Å². The van der Waals surface area contributed by atoms with Crippen LogP contribution in [-0.2, 0) is 20.4 Å². The fraction of sp³-hybridized carbons (Fsp3) is 0.474. The number of aryl methyl sites for hydroxylation is 2. The number of halogens is 3. The first-order valence-corrected chi connectivity index (χ1v) is 11.5. The Morgan fingerprint density at radius 2 is 1.04 bits per heavy atom. The van der Waals surface area contributed by atoms with Crippen LogP contribution in [0.4, 0.5) is 0 Å². The molecule has 0 unspecified atom stereocenters. The molecule has 0 bridgehead atoms. The summed E-state index contributed by atoms with van der Waals surface area (Å²) in [6, 6.07) is 7.13. The molecule has 5 heteroatoms. The molecule has 0 radical (unpaired) electrons. The van der Waals surface area contributed by atoms with E-state index in [9.17, 15) is 0 Å². The number of benzene rings is 1. The van der Waals surface area contributed by atoms with Crippen LogP contribution in [0.3, 0.4) is 0 Å². The molecule has 0 heterocycles. The van der Waals surface area contributed by atoms with Crippen molar-refractivity contribution in [2.45, 2.75) is 58.0 Å². The molecule has 0 nitrogen and oxygen atoms in total. The summed E-state index contributed by atoms with van der Waals surface area (Å²) in [5.41, 5.74) is 8.99. The average Bonchev–Trinajstić information content (AvgIpc) is 2.54. The third-order valence-electron chi connectivity index (χ3n) is 5.69. The van der Waals surface area contributed by atoms with Gasteiger partial charge in [-0.1, -0.05) is 0 Å².